The maximum absolute atomic E-state index is 5.85. The summed E-state index contributed by atoms with van der Waals surface area (Å²) in [6, 6.07) is 3.78. The highest BCUT2D eigenvalue weighted by Crippen LogP contribution is 2.25. The van der Waals surface area contributed by atoms with E-state index in [-0.39, 0.29) is 11.6 Å². The quantitative estimate of drug-likeness (QED) is 0.827. The minimum atomic E-state index is -0.196. The average Bonchev–Trinajstić information content (AvgIpc) is 2.18. The van der Waals surface area contributed by atoms with Gasteiger partial charge in [0.05, 0.1) is 0 Å². The van der Waals surface area contributed by atoms with Crippen molar-refractivity contribution in [3.63, 3.8) is 0 Å². The minimum Gasteiger partial charge on any atom is -0.471 e. The van der Waals surface area contributed by atoms with Gasteiger partial charge in [-0.15, -0.1) is 0 Å². The highest BCUT2D eigenvalue weighted by Gasteiger charge is 2.20. The summed E-state index contributed by atoms with van der Waals surface area (Å²) >= 11 is 0. The Balaban J connectivity index is 2.94. The lowest BCUT2D eigenvalue weighted by molar-refractivity contribution is 0.0971. The Morgan fingerprint density at radius 1 is 1.53 bits per heavy atom. The van der Waals surface area contributed by atoms with Crippen LogP contribution in [0.5, 0.6) is 5.88 Å². The fourth-order valence-electron chi connectivity index (χ4n) is 1.17. The molecule has 0 bridgehead atoms. The highest BCUT2D eigenvalue weighted by molar-refractivity contribution is 5.28. The molecule has 3 nitrogen and oxygen atoms in total. The molecule has 0 unspecified atom stereocenters. The standard InChI is InChI=1S/C12H20N2O/c1-5-12(3,4)15-11-10(9(2)13)7-6-8-14-11/h6-9H,5,13H2,1-4H3/t9-/m1/s1. The van der Waals surface area contributed by atoms with Crippen molar-refractivity contribution in [2.75, 3.05) is 0 Å². The van der Waals surface area contributed by atoms with Crippen LogP contribution < -0.4 is 10.5 Å². The van der Waals surface area contributed by atoms with Crippen LogP contribution in [0, 0.1) is 0 Å². The Kier molecular flexibility index (Phi) is 3.69. The fraction of sp³-hybridized carbons (Fsp3) is 0.583. The third kappa shape index (κ3) is 3.20. The molecule has 0 saturated heterocycles. The molecule has 3 heteroatoms. The Labute approximate surface area is 91.7 Å². The Hall–Kier alpha value is -1.09. The lowest BCUT2D eigenvalue weighted by atomic mass is 10.1. The van der Waals surface area contributed by atoms with Crippen molar-refractivity contribution in [2.24, 2.45) is 5.73 Å². The van der Waals surface area contributed by atoms with Crippen molar-refractivity contribution >= 4 is 0 Å². The number of nitrogens with two attached hydrogens (primary N) is 1. The second-order valence-corrected chi connectivity index (χ2v) is 4.40. The van der Waals surface area contributed by atoms with E-state index in [0.717, 1.165) is 12.0 Å². The van der Waals surface area contributed by atoms with Crippen LogP contribution in [0.25, 0.3) is 0 Å². The first-order valence-corrected chi connectivity index (χ1v) is 5.36. The predicted octanol–water partition coefficient (Wildman–Crippen LogP) is 2.67. The molecule has 0 amide bonds. The molecule has 0 saturated carbocycles. The lowest BCUT2D eigenvalue weighted by Gasteiger charge is -2.25. The van der Waals surface area contributed by atoms with Crippen molar-refractivity contribution in [1.29, 1.82) is 0 Å². The van der Waals surface area contributed by atoms with Crippen LogP contribution in [0.1, 0.15) is 45.7 Å². The number of hydrogen-bond donors (Lipinski definition) is 1. The van der Waals surface area contributed by atoms with Crippen LogP contribution >= 0.6 is 0 Å². The van der Waals surface area contributed by atoms with E-state index in [1.54, 1.807) is 6.20 Å². The first-order valence-electron chi connectivity index (χ1n) is 5.36. The highest BCUT2D eigenvalue weighted by atomic mass is 16.5. The van der Waals surface area contributed by atoms with Gasteiger partial charge in [0.2, 0.25) is 5.88 Å². The zero-order valence-electron chi connectivity index (χ0n) is 9.95. The van der Waals surface area contributed by atoms with Gasteiger partial charge in [-0.1, -0.05) is 13.0 Å². The van der Waals surface area contributed by atoms with Gasteiger partial charge in [-0.3, -0.25) is 0 Å². The normalized spacial score (nSPS) is 13.7. The van der Waals surface area contributed by atoms with Gasteiger partial charge in [-0.2, -0.15) is 0 Å². The molecule has 2 N–H and O–H groups in total. The van der Waals surface area contributed by atoms with Crippen molar-refractivity contribution in [3.05, 3.63) is 23.9 Å². The molecule has 0 aliphatic carbocycles. The van der Waals surface area contributed by atoms with Crippen LogP contribution in [0.4, 0.5) is 0 Å². The maximum Gasteiger partial charge on any atom is 0.218 e. The van der Waals surface area contributed by atoms with Crippen LogP contribution in [0.2, 0.25) is 0 Å². The van der Waals surface area contributed by atoms with Gasteiger partial charge in [0, 0.05) is 17.8 Å². The van der Waals surface area contributed by atoms with E-state index in [9.17, 15) is 0 Å². The third-order valence-electron chi connectivity index (χ3n) is 2.52. The number of ether oxygens (including phenoxy) is 1. The van der Waals surface area contributed by atoms with Crippen LogP contribution in [-0.2, 0) is 0 Å². The van der Waals surface area contributed by atoms with E-state index >= 15 is 0 Å². The van der Waals surface area contributed by atoms with E-state index in [4.69, 9.17) is 10.5 Å². The van der Waals surface area contributed by atoms with Gasteiger partial charge < -0.3 is 10.5 Å². The molecule has 0 radical (unpaired) electrons. The first-order chi connectivity index (χ1) is 6.96. The number of hydrogen-bond acceptors (Lipinski definition) is 3. The van der Waals surface area contributed by atoms with Gasteiger partial charge in [0.25, 0.3) is 0 Å². The van der Waals surface area contributed by atoms with Gasteiger partial charge in [-0.05, 0) is 33.3 Å². The molecular weight excluding hydrogens is 188 g/mol. The Morgan fingerprint density at radius 2 is 2.20 bits per heavy atom. The van der Waals surface area contributed by atoms with Gasteiger partial charge in [-0.25, -0.2) is 4.98 Å². The van der Waals surface area contributed by atoms with Gasteiger partial charge in [0.15, 0.2) is 0 Å². The van der Waals surface area contributed by atoms with Crippen LogP contribution in [-0.4, -0.2) is 10.6 Å². The summed E-state index contributed by atoms with van der Waals surface area (Å²) in [5.41, 5.74) is 6.62. The Bertz CT molecular complexity index is 321. The number of nitrogens with zero attached hydrogens (tertiary/aromatic N) is 1. The molecule has 84 valence electrons. The third-order valence-corrected chi connectivity index (χ3v) is 2.52. The molecule has 1 rings (SSSR count). The molecule has 1 heterocycles. The smallest absolute Gasteiger partial charge is 0.218 e. The predicted molar refractivity (Wildman–Crippen MR) is 61.8 cm³/mol. The van der Waals surface area contributed by atoms with Crippen LogP contribution in [0.3, 0.4) is 0 Å². The number of aromatic nitrogens is 1. The van der Waals surface area contributed by atoms with Gasteiger partial charge in [0.1, 0.15) is 5.60 Å². The summed E-state index contributed by atoms with van der Waals surface area (Å²) in [6.45, 7) is 8.12. The summed E-state index contributed by atoms with van der Waals surface area (Å²) in [5.74, 6) is 0.652. The molecule has 15 heavy (non-hydrogen) atoms. The summed E-state index contributed by atoms with van der Waals surface area (Å²) in [4.78, 5) is 4.23. The van der Waals surface area contributed by atoms with E-state index in [2.05, 4.69) is 11.9 Å². The number of rotatable bonds is 4. The molecule has 0 aliphatic rings. The van der Waals surface area contributed by atoms with Gasteiger partial charge >= 0.3 is 0 Å². The monoisotopic (exact) mass is 208 g/mol. The zero-order chi connectivity index (χ0) is 11.5. The summed E-state index contributed by atoms with van der Waals surface area (Å²) in [6.07, 6.45) is 2.66. The molecule has 0 aliphatic heterocycles. The van der Waals surface area contributed by atoms with Crippen molar-refractivity contribution in [3.8, 4) is 5.88 Å². The van der Waals surface area contributed by atoms with Crippen LogP contribution in [0.15, 0.2) is 18.3 Å². The first kappa shape index (κ1) is 12.0. The zero-order valence-corrected chi connectivity index (χ0v) is 9.95. The van der Waals surface area contributed by atoms with Crippen molar-refractivity contribution in [1.82, 2.24) is 4.98 Å². The average molecular weight is 208 g/mol. The largest absolute Gasteiger partial charge is 0.471 e. The number of pyridine rings is 1. The SMILES string of the molecule is CCC(C)(C)Oc1ncccc1[C@@H](C)N. The molecule has 0 fully saturated rings. The second kappa shape index (κ2) is 4.62. The molecule has 0 aromatic carbocycles. The Morgan fingerprint density at radius 3 is 2.73 bits per heavy atom. The van der Waals surface area contributed by atoms with E-state index in [0.29, 0.717) is 5.88 Å². The van der Waals surface area contributed by atoms with Crippen molar-refractivity contribution < 1.29 is 4.74 Å². The summed E-state index contributed by atoms with van der Waals surface area (Å²) in [7, 11) is 0. The molecule has 0 spiro atoms. The topological polar surface area (TPSA) is 48.1 Å². The summed E-state index contributed by atoms with van der Waals surface area (Å²) in [5, 5.41) is 0. The molecular formula is C12H20N2O. The minimum absolute atomic E-state index is 0.0543. The van der Waals surface area contributed by atoms with Crippen molar-refractivity contribution in [2.45, 2.75) is 45.8 Å². The molecule has 1 atom stereocenters. The lowest BCUT2D eigenvalue weighted by Crippen LogP contribution is -2.28. The maximum atomic E-state index is 5.85. The van der Waals surface area contributed by atoms with E-state index in [1.807, 2.05) is 32.9 Å². The van der Waals surface area contributed by atoms with E-state index < -0.39 is 0 Å². The van der Waals surface area contributed by atoms with E-state index in [1.165, 1.54) is 0 Å². The fourth-order valence-corrected chi connectivity index (χ4v) is 1.17. The summed E-state index contributed by atoms with van der Waals surface area (Å²) < 4.78 is 5.85. The molecule has 1 aromatic heterocycles. The second-order valence-electron chi connectivity index (χ2n) is 4.40. The molecule has 1 aromatic rings.